The predicted octanol–water partition coefficient (Wildman–Crippen LogP) is 0.624. The molecule has 2 rings (SSSR count). The molecule has 1 aliphatic heterocycles. The number of fused-ring (bicyclic) bond motifs is 1. The van der Waals surface area contributed by atoms with Crippen LogP contribution in [0.3, 0.4) is 0 Å². The number of aryl methyl sites for hydroxylation is 1. The molecule has 1 aromatic rings. The van der Waals surface area contributed by atoms with Gasteiger partial charge in [-0.15, -0.1) is 0 Å². The monoisotopic (exact) mass is 209 g/mol. The molecule has 0 bridgehead atoms. The van der Waals surface area contributed by atoms with Gasteiger partial charge >= 0.3 is 0 Å². The third-order valence-electron chi connectivity index (χ3n) is 3.10. The zero-order chi connectivity index (χ0) is 11.0. The van der Waals surface area contributed by atoms with Crippen LogP contribution in [0.15, 0.2) is 6.33 Å². The average Bonchev–Trinajstić information content (AvgIpc) is 2.59. The molecule has 2 unspecified atom stereocenters. The first-order chi connectivity index (χ1) is 7.13. The molecular weight excluding hydrogens is 190 g/mol. The number of hydrogen-bond donors (Lipinski definition) is 2. The highest BCUT2D eigenvalue weighted by Crippen LogP contribution is 2.29. The van der Waals surface area contributed by atoms with E-state index in [4.69, 9.17) is 0 Å². The van der Waals surface area contributed by atoms with Crippen molar-refractivity contribution in [3.63, 3.8) is 0 Å². The Morgan fingerprint density at radius 1 is 1.67 bits per heavy atom. The van der Waals surface area contributed by atoms with Crippen LogP contribution in [0.25, 0.3) is 0 Å². The molecule has 2 heterocycles. The van der Waals surface area contributed by atoms with Crippen molar-refractivity contribution >= 4 is 0 Å². The van der Waals surface area contributed by atoms with Crippen molar-refractivity contribution in [2.75, 3.05) is 6.61 Å². The highest BCUT2D eigenvalue weighted by molar-refractivity contribution is 5.22. The van der Waals surface area contributed by atoms with Gasteiger partial charge in [-0.25, -0.2) is 4.98 Å². The van der Waals surface area contributed by atoms with Crippen LogP contribution in [-0.4, -0.2) is 27.3 Å². The first kappa shape index (κ1) is 10.6. The average molecular weight is 209 g/mol. The normalized spacial score (nSPS) is 25.7. The molecular formula is C11H19N3O. The van der Waals surface area contributed by atoms with Crippen LogP contribution in [-0.2, 0) is 13.5 Å². The highest BCUT2D eigenvalue weighted by atomic mass is 16.3. The zero-order valence-corrected chi connectivity index (χ0v) is 9.57. The van der Waals surface area contributed by atoms with Gasteiger partial charge in [0.25, 0.3) is 0 Å². The van der Waals surface area contributed by atoms with Crippen molar-refractivity contribution < 1.29 is 5.11 Å². The van der Waals surface area contributed by atoms with Gasteiger partial charge in [-0.3, -0.25) is 0 Å². The van der Waals surface area contributed by atoms with E-state index in [2.05, 4.69) is 28.7 Å². The van der Waals surface area contributed by atoms with E-state index in [1.54, 1.807) is 0 Å². The van der Waals surface area contributed by atoms with Crippen LogP contribution in [0.5, 0.6) is 0 Å². The molecule has 0 aromatic carbocycles. The van der Waals surface area contributed by atoms with Gasteiger partial charge in [0.2, 0.25) is 0 Å². The van der Waals surface area contributed by atoms with E-state index in [0.29, 0.717) is 12.0 Å². The van der Waals surface area contributed by atoms with Gasteiger partial charge < -0.3 is 15.0 Å². The van der Waals surface area contributed by atoms with Crippen molar-refractivity contribution in [3.8, 4) is 0 Å². The Hall–Kier alpha value is -0.870. The summed E-state index contributed by atoms with van der Waals surface area (Å²) < 4.78 is 2.08. The van der Waals surface area contributed by atoms with Gasteiger partial charge in [-0.2, -0.15) is 0 Å². The maximum absolute atomic E-state index is 9.23. The SMILES string of the molecule is CC(C)C1NC(CO)Cc2ncn(C)c21. The molecule has 0 saturated heterocycles. The van der Waals surface area contributed by atoms with Crippen molar-refractivity contribution in [3.05, 3.63) is 17.7 Å². The Kier molecular flexibility index (Phi) is 2.80. The maximum atomic E-state index is 9.23. The molecule has 2 atom stereocenters. The fraction of sp³-hybridized carbons (Fsp3) is 0.727. The summed E-state index contributed by atoms with van der Waals surface area (Å²) in [7, 11) is 2.03. The summed E-state index contributed by atoms with van der Waals surface area (Å²) in [5.41, 5.74) is 2.41. The molecule has 2 N–H and O–H groups in total. The molecule has 4 heteroatoms. The molecule has 0 saturated carbocycles. The fourth-order valence-corrected chi connectivity index (χ4v) is 2.29. The molecule has 1 aromatic heterocycles. The van der Waals surface area contributed by atoms with E-state index >= 15 is 0 Å². The lowest BCUT2D eigenvalue weighted by Crippen LogP contribution is -2.44. The van der Waals surface area contributed by atoms with Gasteiger partial charge in [0.05, 0.1) is 30.4 Å². The van der Waals surface area contributed by atoms with Crippen LogP contribution >= 0.6 is 0 Å². The molecule has 1 aliphatic rings. The largest absolute Gasteiger partial charge is 0.395 e. The predicted molar refractivity (Wildman–Crippen MR) is 58.5 cm³/mol. The molecule has 0 aliphatic carbocycles. The van der Waals surface area contributed by atoms with E-state index in [9.17, 15) is 5.11 Å². The van der Waals surface area contributed by atoms with E-state index in [1.807, 2.05) is 13.4 Å². The number of hydrogen-bond acceptors (Lipinski definition) is 3. The number of aliphatic hydroxyl groups excluding tert-OH is 1. The Labute approximate surface area is 90.3 Å². The summed E-state index contributed by atoms with van der Waals surface area (Å²) in [6.45, 7) is 4.56. The van der Waals surface area contributed by atoms with Crippen molar-refractivity contribution in [2.24, 2.45) is 13.0 Å². The minimum atomic E-state index is 0.153. The van der Waals surface area contributed by atoms with Crippen molar-refractivity contribution in [2.45, 2.75) is 32.4 Å². The second-order valence-electron chi connectivity index (χ2n) is 4.66. The van der Waals surface area contributed by atoms with E-state index in [-0.39, 0.29) is 12.6 Å². The second-order valence-corrected chi connectivity index (χ2v) is 4.66. The minimum absolute atomic E-state index is 0.153. The van der Waals surface area contributed by atoms with Crippen molar-refractivity contribution in [1.29, 1.82) is 0 Å². The minimum Gasteiger partial charge on any atom is -0.395 e. The van der Waals surface area contributed by atoms with Gasteiger partial charge in [-0.1, -0.05) is 13.8 Å². The standard InChI is InChI=1S/C11H19N3O/c1-7(2)10-11-9(12-6-14(11)3)4-8(5-15)13-10/h6-8,10,13,15H,4-5H2,1-3H3. The van der Waals surface area contributed by atoms with Gasteiger partial charge in [0.15, 0.2) is 0 Å². The molecule has 4 nitrogen and oxygen atoms in total. The Balaban J connectivity index is 2.36. The summed E-state index contributed by atoms with van der Waals surface area (Å²) >= 11 is 0. The molecule has 0 fully saturated rings. The zero-order valence-electron chi connectivity index (χ0n) is 9.57. The van der Waals surface area contributed by atoms with E-state index < -0.39 is 0 Å². The van der Waals surface area contributed by atoms with Crippen LogP contribution < -0.4 is 5.32 Å². The molecule has 0 spiro atoms. The summed E-state index contributed by atoms with van der Waals surface area (Å²) in [4.78, 5) is 4.40. The van der Waals surface area contributed by atoms with E-state index in [0.717, 1.165) is 12.1 Å². The van der Waals surface area contributed by atoms with Gasteiger partial charge in [-0.05, 0) is 5.92 Å². The summed E-state index contributed by atoms with van der Waals surface area (Å²) in [6.07, 6.45) is 2.69. The van der Waals surface area contributed by atoms with Crippen LogP contribution in [0, 0.1) is 5.92 Å². The lowest BCUT2D eigenvalue weighted by atomic mass is 9.92. The quantitative estimate of drug-likeness (QED) is 0.751. The number of aromatic nitrogens is 2. The third kappa shape index (κ3) is 1.79. The van der Waals surface area contributed by atoms with E-state index in [1.165, 1.54) is 5.69 Å². The number of imidazole rings is 1. The summed E-state index contributed by atoms with van der Waals surface area (Å²) in [5, 5.41) is 12.7. The first-order valence-electron chi connectivity index (χ1n) is 5.50. The molecule has 0 radical (unpaired) electrons. The van der Waals surface area contributed by atoms with Crippen LogP contribution in [0.4, 0.5) is 0 Å². The van der Waals surface area contributed by atoms with Crippen LogP contribution in [0.2, 0.25) is 0 Å². The lowest BCUT2D eigenvalue weighted by Gasteiger charge is -2.32. The number of rotatable bonds is 2. The number of nitrogens with one attached hydrogen (secondary N) is 1. The molecule has 84 valence electrons. The fourth-order valence-electron chi connectivity index (χ4n) is 2.29. The summed E-state index contributed by atoms with van der Waals surface area (Å²) in [6, 6.07) is 0.457. The molecule has 15 heavy (non-hydrogen) atoms. The number of aliphatic hydroxyl groups is 1. The third-order valence-corrected chi connectivity index (χ3v) is 3.10. The first-order valence-corrected chi connectivity index (χ1v) is 5.50. The Bertz CT molecular complexity index is 346. The lowest BCUT2D eigenvalue weighted by molar-refractivity contribution is 0.206. The smallest absolute Gasteiger partial charge is 0.0949 e. The van der Waals surface area contributed by atoms with Gasteiger partial charge in [0, 0.05) is 19.5 Å². The highest BCUT2D eigenvalue weighted by Gasteiger charge is 2.30. The Morgan fingerprint density at radius 3 is 3.00 bits per heavy atom. The molecule has 0 amide bonds. The van der Waals surface area contributed by atoms with Crippen molar-refractivity contribution in [1.82, 2.24) is 14.9 Å². The Morgan fingerprint density at radius 2 is 2.40 bits per heavy atom. The second kappa shape index (κ2) is 3.94. The van der Waals surface area contributed by atoms with Gasteiger partial charge in [0.1, 0.15) is 0 Å². The van der Waals surface area contributed by atoms with Crippen LogP contribution in [0.1, 0.15) is 31.3 Å². The number of nitrogens with zero attached hydrogens (tertiary/aromatic N) is 2. The topological polar surface area (TPSA) is 50.1 Å². The summed E-state index contributed by atoms with van der Waals surface area (Å²) in [5.74, 6) is 0.508. The maximum Gasteiger partial charge on any atom is 0.0949 e.